The Hall–Kier alpha value is -3.81. The standard InChI is InChI=1S/C26H30N4O4/c1-6-32-24(31)13-15-30-14-12-19-20(8-7-9-21(19)30)25-27-26(34-28-25)18-10-11-23(33-17(2)3)22(16-18)29(4)5/h7-12,14,16-17H,6,13,15H2,1-5H3. The Morgan fingerprint density at radius 3 is 2.74 bits per heavy atom. The van der Waals surface area contributed by atoms with Gasteiger partial charge in [-0.2, -0.15) is 4.98 Å². The highest BCUT2D eigenvalue weighted by atomic mass is 16.5. The molecule has 8 nitrogen and oxygen atoms in total. The van der Waals surface area contributed by atoms with E-state index in [0.717, 1.165) is 33.5 Å². The third-order valence-electron chi connectivity index (χ3n) is 5.39. The second-order valence-corrected chi connectivity index (χ2v) is 8.47. The summed E-state index contributed by atoms with van der Waals surface area (Å²) in [5, 5.41) is 5.25. The van der Waals surface area contributed by atoms with Gasteiger partial charge in [-0.3, -0.25) is 4.79 Å². The molecule has 0 saturated heterocycles. The third-order valence-corrected chi connectivity index (χ3v) is 5.39. The zero-order valence-corrected chi connectivity index (χ0v) is 20.2. The van der Waals surface area contributed by atoms with Crippen LogP contribution in [0.3, 0.4) is 0 Å². The van der Waals surface area contributed by atoms with Gasteiger partial charge in [0.1, 0.15) is 5.75 Å². The number of rotatable bonds is 9. The summed E-state index contributed by atoms with van der Waals surface area (Å²) in [7, 11) is 3.94. The summed E-state index contributed by atoms with van der Waals surface area (Å²) >= 11 is 0. The number of carbonyl (C=O) groups is 1. The van der Waals surface area contributed by atoms with E-state index in [1.54, 1.807) is 0 Å². The zero-order valence-electron chi connectivity index (χ0n) is 20.2. The number of benzene rings is 2. The van der Waals surface area contributed by atoms with Gasteiger partial charge in [0, 0.05) is 48.9 Å². The summed E-state index contributed by atoms with van der Waals surface area (Å²) in [5.74, 6) is 1.55. The molecule has 0 atom stereocenters. The van der Waals surface area contributed by atoms with Crippen molar-refractivity contribution in [1.29, 1.82) is 0 Å². The minimum Gasteiger partial charge on any atom is -0.489 e. The van der Waals surface area contributed by atoms with Crippen molar-refractivity contribution in [2.75, 3.05) is 25.6 Å². The van der Waals surface area contributed by atoms with Gasteiger partial charge in [0.2, 0.25) is 5.82 Å². The Morgan fingerprint density at radius 2 is 2.00 bits per heavy atom. The van der Waals surface area contributed by atoms with Crippen LogP contribution < -0.4 is 9.64 Å². The first-order valence-electron chi connectivity index (χ1n) is 11.4. The van der Waals surface area contributed by atoms with Gasteiger partial charge in [0.05, 0.1) is 24.8 Å². The van der Waals surface area contributed by atoms with Gasteiger partial charge in [-0.25, -0.2) is 0 Å². The van der Waals surface area contributed by atoms with Crippen molar-refractivity contribution in [2.24, 2.45) is 0 Å². The van der Waals surface area contributed by atoms with Crippen LogP contribution in [0.4, 0.5) is 5.69 Å². The second-order valence-electron chi connectivity index (χ2n) is 8.47. The number of hydrogen-bond acceptors (Lipinski definition) is 7. The predicted molar refractivity (Wildman–Crippen MR) is 132 cm³/mol. The monoisotopic (exact) mass is 462 g/mol. The molecule has 0 amide bonds. The third kappa shape index (κ3) is 4.90. The molecular weight excluding hydrogens is 432 g/mol. The Morgan fingerprint density at radius 1 is 1.18 bits per heavy atom. The number of anilines is 1. The molecule has 8 heteroatoms. The maximum Gasteiger partial charge on any atom is 0.307 e. The molecule has 2 heterocycles. The Kier molecular flexibility index (Phi) is 6.86. The van der Waals surface area contributed by atoms with E-state index in [0.29, 0.717) is 31.3 Å². The van der Waals surface area contributed by atoms with E-state index in [2.05, 4.69) is 10.1 Å². The van der Waals surface area contributed by atoms with Crippen LogP contribution >= 0.6 is 0 Å². The molecular formula is C26H30N4O4. The summed E-state index contributed by atoms with van der Waals surface area (Å²) in [6, 6.07) is 13.8. The van der Waals surface area contributed by atoms with E-state index in [9.17, 15) is 4.79 Å². The number of carbonyl (C=O) groups excluding carboxylic acids is 1. The second kappa shape index (κ2) is 9.99. The Labute approximate surface area is 199 Å². The van der Waals surface area contributed by atoms with E-state index in [1.165, 1.54) is 0 Å². The van der Waals surface area contributed by atoms with Crippen molar-refractivity contribution in [2.45, 2.75) is 39.8 Å². The Balaban J connectivity index is 1.63. The van der Waals surface area contributed by atoms with E-state index >= 15 is 0 Å². The van der Waals surface area contributed by atoms with Gasteiger partial charge in [-0.05, 0) is 51.1 Å². The maximum absolute atomic E-state index is 11.8. The molecule has 0 unspecified atom stereocenters. The summed E-state index contributed by atoms with van der Waals surface area (Å²) in [5.41, 5.74) is 3.62. The molecule has 0 saturated carbocycles. The van der Waals surface area contributed by atoms with Gasteiger partial charge >= 0.3 is 5.97 Å². The largest absolute Gasteiger partial charge is 0.489 e. The fraction of sp³-hybridized carbons (Fsp3) is 0.346. The quantitative estimate of drug-likeness (QED) is 0.318. The first kappa shape index (κ1) is 23.4. The lowest BCUT2D eigenvalue weighted by Gasteiger charge is -2.20. The number of ether oxygens (including phenoxy) is 2. The predicted octanol–water partition coefficient (Wildman–Crippen LogP) is 5.16. The van der Waals surface area contributed by atoms with E-state index in [-0.39, 0.29) is 12.1 Å². The molecule has 178 valence electrons. The number of fused-ring (bicyclic) bond motifs is 1. The minimum atomic E-state index is -0.203. The number of aryl methyl sites for hydroxylation is 1. The molecule has 2 aromatic heterocycles. The van der Waals surface area contributed by atoms with E-state index < -0.39 is 0 Å². The van der Waals surface area contributed by atoms with Crippen LogP contribution in [0, 0.1) is 0 Å². The number of hydrogen-bond donors (Lipinski definition) is 0. The van der Waals surface area contributed by atoms with Crippen LogP contribution in [0.2, 0.25) is 0 Å². The highest BCUT2D eigenvalue weighted by molar-refractivity contribution is 5.94. The van der Waals surface area contributed by atoms with Crippen LogP contribution in [-0.4, -0.2) is 47.5 Å². The van der Waals surface area contributed by atoms with Gasteiger partial charge < -0.3 is 23.5 Å². The molecule has 0 fully saturated rings. The van der Waals surface area contributed by atoms with Crippen molar-refractivity contribution in [1.82, 2.24) is 14.7 Å². The smallest absolute Gasteiger partial charge is 0.307 e. The zero-order chi connectivity index (χ0) is 24.2. The van der Waals surface area contributed by atoms with Crippen molar-refractivity contribution >= 4 is 22.6 Å². The van der Waals surface area contributed by atoms with Crippen molar-refractivity contribution < 1.29 is 18.8 Å². The van der Waals surface area contributed by atoms with Crippen LogP contribution in [0.5, 0.6) is 5.75 Å². The number of aromatic nitrogens is 3. The van der Waals surface area contributed by atoms with Crippen molar-refractivity contribution in [3.63, 3.8) is 0 Å². The number of esters is 1. The van der Waals surface area contributed by atoms with Gasteiger partial charge in [-0.1, -0.05) is 17.3 Å². The topological polar surface area (TPSA) is 82.6 Å². The molecule has 0 spiro atoms. The first-order valence-corrected chi connectivity index (χ1v) is 11.4. The van der Waals surface area contributed by atoms with Crippen molar-refractivity contribution in [3.8, 4) is 28.6 Å². The van der Waals surface area contributed by atoms with Crippen molar-refractivity contribution in [3.05, 3.63) is 48.7 Å². The van der Waals surface area contributed by atoms with E-state index in [1.807, 2.05) is 93.0 Å². The molecule has 0 aliphatic heterocycles. The molecule has 0 radical (unpaired) electrons. The van der Waals surface area contributed by atoms with Gasteiger partial charge in [0.25, 0.3) is 5.89 Å². The fourth-order valence-corrected chi connectivity index (χ4v) is 3.86. The highest BCUT2D eigenvalue weighted by Gasteiger charge is 2.17. The van der Waals surface area contributed by atoms with Crippen LogP contribution in [0.1, 0.15) is 27.2 Å². The van der Waals surface area contributed by atoms with Crippen LogP contribution in [0.25, 0.3) is 33.7 Å². The molecule has 0 bridgehead atoms. The summed E-state index contributed by atoms with van der Waals surface area (Å²) < 4.78 is 18.6. The average Bonchev–Trinajstić information content (AvgIpc) is 3.45. The lowest BCUT2D eigenvalue weighted by molar-refractivity contribution is -0.143. The van der Waals surface area contributed by atoms with Crippen LogP contribution in [-0.2, 0) is 16.1 Å². The molecule has 0 aliphatic rings. The first-order chi connectivity index (χ1) is 16.4. The molecule has 4 rings (SSSR count). The highest BCUT2D eigenvalue weighted by Crippen LogP contribution is 2.34. The van der Waals surface area contributed by atoms with Gasteiger partial charge in [-0.15, -0.1) is 0 Å². The maximum atomic E-state index is 11.8. The SMILES string of the molecule is CCOC(=O)CCn1ccc2c(-c3noc(-c4ccc(OC(C)C)c(N(C)C)c4)n3)cccc21. The fourth-order valence-electron chi connectivity index (χ4n) is 3.86. The van der Waals surface area contributed by atoms with Gasteiger partial charge in [0.15, 0.2) is 0 Å². The van der Waals surface area contributed by atoms with E-state index in [4.69, 9.17) is 14.0 Å². The summed E-state index contributed by atoms with van der Waals surface area (Å²) in [6.45, 7) is 6.74. The minimum absolute atomic E-state index is 0.0737. The lowest BCUT2D eigenvalue weighted by atomic mass is 10.1. The summed E-state index contributed by atoms with van der Waals surface area (Å²) in [4.78, 5) is 18.4. The lowest BCUT2D eigenvalue weighted by Crippen LogP contribution is -2.13. The molecule has 4 aromatic rings. The summed E-state index contributed by atoms with van der Waals surface area (Å²) in [6.07, 6.45) is 2.36. The average molecular weight is 463 g/mol. The molecule has 0 N–H and O–H groups in total. The van der Waals surface area contributed by atoms with Crippen LogP contribution in [0.15, 0.2) is 53.2 Å². The normalized spacial score (nSPS) is 11.2. The number of nitrogens with zero attached hydrogens (tertiary/aromatic N) is 4. The molecule has 34 heavy (non-hydrogen) atoms. The Bertz CT molecular complexity index is 1290. The molecule has 0 aliphatic carbocycles. The molecule has 2 aromatic carbocycles.